The Balaban J connectivity index is 1.57. The Labute approximate surface area is 145 Å². The van der Waals surface area contributed by atoms with Gasteiger partial charge in [0.15, 0.2) is 0 Å². The smallest absolute Gasteiger partial charge is 0.253 e. The number of carbonyl (C=O) groups excluding carboxylic acids is 2. The molecule has 2 saturated heterocycles. The number of nitrogens with zero attached hydrogens (tertiary/aromatic N) is 1. The molecule has 3 rings (SSSR count). The predicted octanol–water partition coefficient (Wildman–Crippen LogP) is 2.91. The minimum Gasteiger partial charge on any atom is -0.353 e. The molecule has 23 heavy (non-hydrogen) atoms. The van der Waals surface area contributed by atoms with Gasteiger partial charge in [-0.2, -0.15) is 0 Å². The van der Waals surface area contributed by atoms with E-state index in [4.69, 9.17) is 0 Å². The summed E-state index contributed by atoms with van der Waals surface area (Å²) in [6.45, 7) is 2.96. The Morgan fingerprint density at radius 2 is 1.70 bits per heavy atom. The minimum absolute atomic E-state index is 0.00742. The quantitative estimate of drug-likeness (QED) is 0.911. The highest BCUT2D eigenvalue weighted by Gasteiger charge is 2.24. The van der Waals surface area contributed by atoms with E-state index in [1.54, 1.807) is 6.92 Å². The number of rotatable bonds is 3. The molecule has 0 radical (unpaired) electrons. The summed E-state index contributed by atoms with van der Waals surface area (Å²) in [5, 5.41) is 2.94. The molecule has 1 aromatic carbocycles. The molecule has 0 unspecified atom stereocenters. The summed E-state index contributed by atoms with van der Waals surface area (Å²) in [5.41, 5.74) is 2.07. The van der Waals surface area contributed by atoms with Gasteiger partial charge < -0.3 is 10.2 Å². The summed E-state index contributed by atoms with van der Waals surface area (Å²) in [7, 11) is 0. The van der Waals surface area contributed by atoms with Gasteiger partial charge in [-0.15, -0.1) is 23.5 Å². The van der Waals surface area contributed by atoms with Crippen molar-refractivity contribution in [3.63, 3.8) is 0 Å². The highest BCUT2D eigenvalue weighted by atomic mass is 32.2. The Kier molecular flexibility index (Phi) is 5.54. The monoisotopic (exact) mass is 350 g/mol. The number of hydrogen-bond acceptors (Lipinski definition) is 4. The fraction of sp³-hybridized carbons (Fsp3) is 0.529. The molecule has 0 aromatic heterocycles. The zero-order valence-corrected chi connectivity index (χ0v) is 14.9. The van der Waals surface area contributed by atoms with E-state index in [2.05, 4.69) is 17.4 Å². The summed E-state index contributed by atoms with van der Waals surface area (Å²) >= 11 is 3.95. The molecule has 124 valence electrons. The maximum atomic E-state index is 12.6. The fourth-order valence-corrected chi connectivity index (χ4v) is 5.89. The summed E-state index contributed by atoms with van der Waals surface area (Å²) in [6.07, 6.45) is 1.66. The predicted molar refractivity (Wildman–Crippen MR) is 96.8 cm³/mol. The second-order valence-corrected chi connectivity index (χ2v) is 8.69. The third-order valence-corrected chi connectivity index (χ3v) is 7.35. The van der Waals surface area contributed by atoms with E-state index in [1.807, 2.05) is 40.6 Å². The van der Waals surface area contributed by atoms with Crippen molar-refractivity contribution in [2.24, 2.45) is 0 Å². The third kappa shape index (κ3) is 4.23. The topological polar surface area (TPSA) is 49.4 Å². The molecule has 4 nitrogen and oxygen atoms in total. The van der Waals surface area contributed by atoms with E-state index < -0.39 is 0 Å². The van der Waals surface area contributed by atoms with Crippen molar-refractivity contribution in [1.82, 2.24) is 10.2 Å². The molecule has 0 atom stereocenters. The van der Waals surface area contributed by atoms with Crippen LogP contribution >= 0.6 is 23.5 Å². The average molecular weight is 351 g/mol. The fourth-order valence-electron chi connectivity index (χ4n) is 3.03. The van der Waals surface area contributed by atoms with E-state index >= 15 is 0 Å². The number of benzene rings is 1. The first-order valence-corrected chi connectivity index (χ1v) is 10.1. The second kappa shape index (κ2) is 7.62. The van der Waals surface area contributed by atoms with E-state index in [0.29, 0.717) is 17.7 Å². The molecule has 2 fully saturated rings. The van der Waals surface area contributed by atoms with Crippen LogP contribution in [0.1, 0.15) is 40.3 Å². The van der Waals surface area contributed by atoms with Gasteiger partial charge in [0.05, 0.1) is 4.58 Å². The summed E-state index contributed by atoms with van der Waals surface area (Å²) in [6, 6.07) is 8.30. The maximum Gasteiger partial charge on any atom is 0.253 e. The van der Waals surface area contributed by atoms with Gasteiger partial charge in [0.1, 0.15) is 0 Å². The Hall–Kier alpha value is -1.14. The minimum atomic E-state index is 0.00742. The number of thioether (sulfide) groups is 2. The summed E-state index contributed by atoms with van der Waals surface area (Å²) in [5.74, 6) is 2.52. The molecule has 6 heteroatoms. The van der Waals surface area contributed by atoms with Gasteiger partial charge >= 0.3 is 0 Å². The first-order valence-electron chi connectivity index (χ1n) is 8.03. The number of nitrogens with one attached hydrogen (secondary N) is 1. The lowest BCUT2D eigenvalue weighted by Gasteiger charge is -2.32. The van der Waals surface area contributed by atoms with Crippen LogP contribution < -0.4 is 5.32 Å². The maximum absolute atomic E-state index is 12.6. The van der Waals surface area contributed by atoms with Crippen molar-refractivity contribution in [3.05, 3.63) is 35.4 Å². The highest BCUT2D eigenvalue weighted by Crippen LogP contribution is 2.45. The molecule has 1 aromatic rings. The molecule has 0 bridgehead atoms. The van der Waals surface area contributed by atoms with E-state index in [0.717, 1.165) is 18.4 Å². The van der Waals surface area contributed by atoms with Crippen LogP contribution in [0.15, 0.2) is 24.3 Å². The second-order valence-electron chi connectivity index (χ2n) is 5.96. The van der Waals surface area contributed by atoms with Crippen LogP contribution in [0.2, 0.25) is 0 Å². The molecular weight excluding hydrogens is 328 g/mol. The van der Waals surface area contributed by atoms with Crippen LogP contribution in [0.5, 0.6) is 0 Å². The van der Waals surface area contributed by atoms with Crippen LogP contribution in [0.3, 0.4) is 0 Å². The van der Waals surface area contributed by atoms with Crippen molar-refractivity contribution in [1.29, 1.82) is 0 Å². The Morgan fingerprint density at radius 3 is 2.26 bits per heavy atom. The zero-order valence-electron chi connectivity index (χ0n) is 13.3. The number of piperidine rings is 1. The first-order chi connectivity index (χ1) is 11.1. The average Bonchev–Trinajstić information content (AvgIpc) is 3.09. The van der Waals surface area contributed by atoms with Gasteiger partial charge in [0, 0.05) is 43.1 Å². The SMILES string of the molecule is CC(=O)NC1CCN(C(=O)c2ccc(C3SCCS3)cc2)CC1. The van der Waals surface area contributed by atoms with Gasteiger partial charge in [0.2, 0.25) is 5.91 Å². The summed E-state index contributed by atoms with van der Waals surface area (Å²) < 4.78 is 0.521. The normalized spacial score (nSPS) is 19.8. The van der Waals surface area contributed by atoms with Crippen molar-refractivity contribution in [2.45, 2.75) is 30.4 Å². The zero-order chi connectivity index (χ0) is 16.2. The van der Waals surface area contributed by atoms with E-state index in [1.165, 1.54) is 17.1 Å². The molecule has 0 spiro atoms. The van der Waals surface area contributed by atoms with Crippen molar-refractivity contribution < 1.29 is 9.59 Å². The van der Waals surface area contributed by atoms with Crippen LogP contribution in [-0.4, -0.2) is 47.4 Å². The first kappa shape index (κ1) is 16.7. The standard InChI is InChI=1S/C17H22N2O2S2/c1-12(20)18-15-6-8-19(9-7-15)16(21)13-2-4-14(5-3-13)17-22-10-11-23-17/h2-5,15,17H,6-11H2,1H3,(H,18,20). The van der Waals surface area contributed by atoms with Gasteiger partial charge in [-0.3, -0.25) is 9.59 Å². The molecular formula is C17H22N2O2S2. The van der Waals surface area contributed by atoms with Crippen LogP contribution in [0.4, 0.5) is 0 Å². The lowest BCUT2D eigenvalue weighted by molar-refractivity contribution is -0.119. The third-order valence-electron chi connectivity index (χ3n) is 4.24. The van der Waals surface area contributed by atoms with Crippen molar-refractivity contribution in [3.8, 4) is 0 Å². The van der Waals surface area contributed by atoms with Gasteiger partial charge in [-0.05, 0) is 30.5 Å². The number of hydrogen-bond donors (Lipinski definition) is 1. The van der Waals surface area contributed by atoms with E-state index in [9.17, 15) is 9.59 Å². The van der Waals surface area contributed by atoms with Gasteiger partial charge in [0.25, 0.3) is 5.91 Å². The molecule has 1 N–H and O–H groups in total. The Morgan fingerprint density at radius 1 is 1.09 bits per heavy atom. The number of likely N-dealkylation sites (tertiary alicyclic amines) is 1. The molecule has 2 heterocycles. The molecule has 0 saturated carbocycles. The molecule has 2 aliphatic rings. The van der Waals surface area contributed by atoms with Crippen molar-refractivity contribution >= 4 is 35.3 Å². The largest absolute Gasteiger partial charge is 0.353 e. The van der Waals surface area contributed by atoms with E-state index in [-0.39, 0.29) is 17.9 Å². The van der Waals surface area contributed by atoms with Crippen molar-refractivity contribution in [2.75, 3.05) is 24.6 Å². The molecule has 0 aliphatic carbocycles. The highest BCUT2D eigenvalue weighted by molar-refractivity contribution is 8.19. The van der Waals surface area contributed by atoms with Crippen LogP contribution in [0, 0.1) is 0 Å². The van der Waals surface area contributed by atoms with Gasteiger partial charge in [-0.1, -0.05) is 12.1 Å². The van der Waals surface area contributed by atoms with Gasteiger partial charge in [-0.25, -0.2) is 0 Å². The van der Waals surface area contributed by atoms with Crippen LogP contribution in [-0.2, 0) is 4.79 Å². The Bertz CT molecular complexity index is 562. The summed E-state index contributed by atoms with van der Waals surface area (Å²) in [4.78, 5) is 25.6. The van der Waals surface area contributed by atoms with Crippen LogP contribution in [0.25, 0.3) is 0 Å². The molecule has 2 amide bonds. The lowest BCUT2D eigenvalue weighted by atomic mass is 10.0. The number of carbonyl (C=O) groups is 2. The molecule has 2 aliphatic heterocycles. The lowest BCUT2D eigenvalue weighted by Crippen LogP contribution is -2.46. The number of amides is 2.